The summed E-state index contributed by atoms with van der Waals surface area (Å²) >= 11 is 0. The first-order valence-electron chi connectivity index (χ1n) is 4.79. The molecular formula is C10H18O3. The highest BCUT2D eigenvalue weighted by Crippen LogP contribution is 2.39. The Hall–Kier alpha value is -0.730. The van der Waals surface area contributed by atoms with Crippen molar-refractivity contribution in [3.63, 3.8) is 0 Å². The van der Waals surface area contributed by atoms with Crippen molar-refractivity contribution >= 4 is 6.16 Å². The normalized spacial score (nSPS) is 32.5. The van der Waals surface area contributed by atoms with Gasteiger partial charge in [0.25, 0.3) is 0 Å². The summed E-state index contributed by atoms with van der Waals surface area (Å²) < 4.78 is 4.81. The van der Waals surface area contributed by atoms with Crippen molar-refractivity contribution in [3.05, 3.63) is 0 Å². The second-order valence-corrected chi connectivity index (χ2v) is 4.92. The molecule has 0 aromatic heterocycles. The molecule has 76 valence electrons. The average molecular weight is 186 g/mol. The minimum atomic E-state index is -1.14. The lowest BCUT2D eigenvalue weighted by Gasteiger charge is -2.37. The maximum absolute atomic E-state index is 10.4. The van der Waals surface area contributed by atoms with Crippen LogP contribution in [0, 0.1) is 11.3 Å². The third-order valence-electron chi connectivity index (χ3n) is 2.61. The Labute approximate surface area is 79.1 Å². The van der Waals surface area contributed by atoms with Crippen molar-refractivity contribution in [1.29, 1.82) is 0 Å². The predicted octanol–water partition coefficient (Wildman–Crippen LogP) is 2.90. The summed E-state index contributed by atoms with van der Waals surface area (Å²) in [7, 11) is 0. The maximum Gasteiger partial charge on any atom is 0.506 e. The van der Waals surface area contributed by atoms with Crippen molar-refractivity contribution < 1.29 is 14.6 Å². The van der Waals surface area contributed by atoms with E-state index < -0.39 is 6.16 Å². The van der Waals surface area contributed by atoms with Crippen LogP contribution in [0.2, 0.25) is 0 Å². The minimum absolute atomic E-state index is 0.101. The van der Waals surface area contributed by atoms with Crippen LogP contribution in [0.15, 0.2) is 0 Å². The van der Waals surface area contributed by atoms with E-state index in [-0.39, 0.29) is 11.5 Å². The molecule has 1 fully saturated rings. The summed E-state index contributed by atoms with van der Waals surface area (Å²) in [5, 5.41) is 8.50. The molecule has 0 saturated heterocycles. The molecule has 1 saturated carbocycles. The van der Waals surface area contributed by atoms with E-state index in [1.54, 1.807) is 0 Å². The molecule has 1 N–H and O–H groups in total. The highest BCUT2D eigenvalue weighted by atomic mass is 16.7. The van der Waals surface area contributed by atoms with Crippen molar-refractivity contribution in [2.75, 3.05) is 0 Å². The number of ether oxygens (including phenoxy) is 1. The fourth-order valence-electron chi connectivity index (χ4n) is 2.49. The summed E-state index contributed by atoms with van der Waals surface area (Å²) in [6, 6.07) is 0. The molecule has 13 heavy (non-hydrogen) atoms. The van der Waals surface area contributed by atoms with Gasteiger partial charge in [-0.05, 0) is 30.6 Å². The molecule has 0 aromatic rings. The van der Waals surface area contributed by atoms with E-state index in [1.807, 2.05) is 0 Å². The van der Waals surface area contributed by atoms with Gasteiger partial charge in [0.1, 0.15) is 6.10 Å². The van der Waals surface area contributed by atoms with Crippen molar-refractivity contribution in [3.8, 4) is 0 Å². The first-order valence-corrected chi connectivity index (χ1v) is 4.79. The molecule has 0 aromatic carbocycles. The summed E-state index contributed by atoms with van der Waals surface area (Å²) in [6.45, 7) is 6.49. The van der Waals surface area contributed by atoms with E-state index in [4.69, 9.17) is 9.84 Å². The number of hydrogen-bond acceptors (Lipinski definition) is 2. The summed E-state index contributed by atoms with van der Waals surface area (Å²) in [5.74, 6) is 0.563. The number of rotatable bonds is 1. The van der Waals surface area contributed by atoms with Crippen molar-refractivity contribution in [1.82, 2.24) is 0 Å². The zero-order valence-corrected chi connectivity index (χ0v) is 8.54. The Balaban J connectivity index is 2.52. The molecule has 0 bridgehead atoms. The molecule has 0 heterocycles. The summed E-state index contributed by atoms with van der Waals surface area (Å²) in [6.07, 6.45) is 1.64. The van der Waals surface area contributed by atoms with Crippen LogP contribution in [0.25, 0.3) is 0 Å². The van der Waals surface area contributed by atoms with Gasteiger partial charge in [0.15, 0.2) is 0 Å². The average Bonchev–Trinajstić information content (AvgIpc) is 1.78. The third-order valence-corrected chi connectivity index (χ3v) is 2.61. The van der Waals surface area contributed by atoms with E-state index in [2.05, 4.69) is 20.8 Å². The van der Waals surface area contributed by atoms with E-state index in [1.165, 1.54) is 0 Å². The molecular weight excluding hydrogens is 168 g/mol. The minimum Gasteiger partial charge on any atom is -0.450 e. The topological polar surface area (TPSA) is 46.5 Å². The van der Waals surface area contributed by atoms with Gasteiger partial charge in [-0.15, -0.1) is 0 Å². The van der Waals surface area contributed by atoms with Gasteiger partial charge < -0.3 is 9.84 Å². The smallest absolute Gasteiger partial charge is 0.450 e. The van der Waals surface area contributed by atoms with E-state index in [9.17, 15) is 4.79 Å². The maximum atomic E-state index is 10.4. The number of hydrogen-bond donors (Lipinski definition) is 1. The molecule has 0 radical (unpaired) electrons. The molecule has 0 aliphatic heterocycles. The molecule has 3 heteroatoms. The van der Waals surface area contributed by atoms with Crippen LogP contribution in [0.5, 0.6) is 0 Å². The summed E-state index contributed by atoms with van der Waals surface area (Å²) in [5.41, 5.74) is 0.220. The van der Waals surface area contributed by atoms with Crippen LogP contribution < -0.4 is 0 Å². The van der Waals surface area contributed by atoms with Crippen molar-refractivity contribution in [2.24, 2.45) is 11.3 Å². The predicted molar refractivity (Wildman–Crippen MR) is 49.7 cm³/mol. The Kier molecular flexibility index (Phi) is 2.84. The standard InChI is InChI=1S/C10H18O3/c1-7-4-8(13-9(11)12)6-10(2,3)5-7/h7-8H,4-6H2,1-3H3,(H,11,12)/t7-,8+/m1/s1. The second-order valence-electron chi connectivity index (χ2n) is 4.92. The number of carbonyl (C=O) groups is 1. The van der Waals surface area contributed by atoms with Gasteiger partial charge in [-0.25, -0.2) is 4.79 Å². The highest BCUT2D eigenvalue weighted by Gasteiger charge is 2.33. The molecule has 1 aliphatic carbocycles. The summed E-state index contributed by atoms with van der Waals surface area (Å²) in [4.78, 5) is 10.4. The van der Waals surface area contributed by atoms with E-state index in [0.29, 0.717) is 5.92 Å². The Bertz CT molecular complexity index is 198. The van der Waals surface area contributed by atoms with Crippen LogP contribution in [-0.4, -0.2) is 17.4 Å². The monoisotopic (exact) mass is 186 g/mol. The van der Waals surface area contributed by atoms with E-state index >= 15 is 0 Å². The Morgan fingerprint density at radius 1 is 1.46 bits per heavy atom. The zero-order chi connectivity index (χ0) is 10.1. The molecule has 0 spiro atoms. The fraction of sp³-hybridized carbons (Fsp3) is 0.900. The van der Waals surface area contributed by atoms with Gasteiger partial charge in [-0.2, -0.15) is 0 Å². The zero-order valence-electron chi connectivity index (χ0n) is 8.54. The van der Waals surface area contributed by atoms with Crippen molar-refractivity contribution in [2.45, 2.75) is 46.1 Å². The van der Waals surface area contributed by atoms with Crippen LogP contribution in [0.1, 0.15) is 40.0 Å². The van der Waals surface area contributed by atoms with Crippen LogP contribution in [0.3, 0.4) is 0 Å². The van der Waals surface area contributed by atoms with Gasteiger partial charge in [-0.1, -0.05) is 20.8 Å². The SMILES string of the molecule is C[C@@H]1C[C@H](OC(=O)O)CC(C)(C)C1. The number of carboxylic acid groups (broad SMARTS) is 1. The lowest BCUT2D eigenvalue weighted by molar-refractivity contribution is -0.00505. The Morgan fingerprint density at radius 2 is 2.08 bits per heavy atom. The van der Waals surface area contributed by atoms with Gasteiger partial charge in [0, 0.05) is 0 Å². The van der Waals surface area contributed by atoms with Crippen LogP contribution >= 0.6 is 0 Å². The van der Waals surface area contributed by atoms with Gasteiger partial charge >= 0.3 is 6.16 Å². The third kappa shape index (κ3) is 3.25. The van der Waals surface area contributed by atoms with Gasteiger partial charge in [0.2, 0.25) is 0 Å². The molecule has 1 rings (SSSR count). The van der Waals surface area contributed by atoms with Gasteiger partial charge in [0.05, 0.1) is 0 Å². The van der Waals surface area contributed by atoms with Gasteiger partial charge in [-0.3, -0.25) is 0 Å². The molecule has 3 nitrogen and oxygen atoms in total. The Morgan fingerprint density at radius 3 is 2.54 bits per heavy atom. The first-order chi connectivity index (χ1) is 5.89. The second kappa shape index (κ2) is 3.56. The van der Waals surface area contributed by atoms with E-state index in [0.717, 1.165) is 19.3 Å². The molecule has 1 aliphatic rings. The lowest BCUT2D eigenvalue weighted by Crippen LogP contribution is -2.33. The largest absolute Gasteiger partial charge is 0.506 e. The first kappa shape index (κ1) is 10.4. The molecule has 2 atom stereocenters. The fourth-order valence-corrected chi connectivity index (χ4v) is 2.49. The molecule has 0 unspecified atom stereocenters. The highest BCUT2D eigenvalue weighted by molar-refractivity contribution is 5.57. The van der Waals surface area contributed by atoms with Crippen LogP contribution in [-0.2, 0) is 4.74 Å². The lowest BCUT2D eigenvalue weighted by atomic mass is 9.71. The van der Waals surface area contributed by atoms with Crippen LogP contribution in [0.4, 0.5) is 4.79 Å². The quantitative estimate of drug-likeness (QED) is 0.640. The molecule has 0 amide bonds.